The summed E-state index contributed by atoms with van der Waals surface area (Å²) in [5.41, 5.74) is 4.04. The summed E-state index contributed by atoms with van der Waals surface area (Å²) in [6, 6.07) is 13.8. The molecule has 2 aromatic carbocycles. The molecule has 140 valence electrons. The molecule has 1 fully saturated rings. The standard InChI is InChI=1S/C20H21N3O3S/c24-27(25,17-9-8-15-4-3-5-16(15)14-17)23-12-10-22(11-13-23)20-21-18-6-1-2-7-19(18)26-20/h1-2,6-9,14H,3-5,10-13H2. The van der Waals surface area contributed by atoms with Crippen molar-refractivity contribution in [1.82, 2.24) is 9.29 Å². The molecule has 0 saturated carbocycles. The topological polar surface area (TPSA) is 66.7 Å². The van der Waals surface area contributed by atoms with Crippen molar-refractivity contribution in [2.24, 2.45) is 0 Å². The number of fused-ring (bicyclic) bond motifs is 2. The first-order valence-corrected chi connectivity index (χ1v) is 10.8. The number of nitrogens with zero attached hydrogens (tertiary/aromatic N) is 3. The lowest BCUT2D eigenvalue weighted by molar-refractivity contribution is 0.373. The molecule has 5 rings (SSSR count). The summed E-state index contributed by atoms with van der Waals surface area (Å²) in [4.78, 5) is 6.94. The molecule has 0 amide bonds. The maximum Gasteiger partial charge on any atom is 0.298 e. The van der Waals surface area contributed by atoms with Crippen LogP contribution in [0.25, 0.3) is 11.1 Å². The Morgan fingerprint density at radius 1 is 0.926 bits per heavy atom. The van der Waals surface area contributed by atoms with Crippen LogP contribution in [0.2, 0.25) is 0 Å². The van der Waals surface area contributed by atoms with Gasteiger partial charge in [0.25, 0.3) is 6.01 Å². The molecule has 0 spiro atoms. The van der Waals surface area contributed by atoms with Gasteiger partial charge >= 0.3 is 0 Å². The van der Waals surface area contributed by atoms with Gasteiger partial charge in [-0.25, -0.2) is 8.42 Å². The van der Waals surface area contributed by atoms with Gasteiger partial charge in [0, 0.05) is 26.2 Å². The molecule has 0 radical (unpaired) electrons. The quantitative estimate of drug-likeness (QED) is 0.696. The van der Waals surface area contributed by atoms with E-state index in [1.54, 1.807) is 10.4 Å². The molecule has 7 heteroatoms. The Morgan fingerprint density at radius 2 is 1.70 bits per heavy atom. The smallest absolute Gasteiger partial charge is 0.298 e. The molecular formula is C20H21N3O3S. The Hall–Kier alpha value is -2.38. The van der Waals surface area contributed by atoms with Crippen LogP contribution in [-0.4, -0.2) is 43.9 Å². The Kier molecular flexibility index (Phi) is 3.94. The van der Waals surface area contributed by atoms with Crippen LogP contribution in [0.1, 0.15) is 17.5 Å². The second-order valence-corrected chi connectivity index (χ2v) is 9.08. The Labute approximate surface area is 158 Å². The van der Waals surface area contributed by atoms with E-state index >= 15 is 0 Å². The molecule has 1 aromatic heterocycles. The van der Waals surface area contributed by atoms with E-state index in [1.165, 1.54) is 11.1 Å². The third-order valence-corrected chi connectivity index (χ3v) is 7.39. The van der Waals surface area contributed by atoms with Crippen molar-refractivity contribution in [3.8, 4) is 0 Å². The average molecular weight is 383 g/mol. The molecule has 1 saturated heterocycles. The average Bonchev–Trinajstić information content (AvgIpc) is 3.34. The van der Waals surface area contributed by atoms with Crippen molar-refractivity contribution in [2.45, 2.75) is 24.2 Å². The number of aromatic nitrogens is 1. The highest BCUT2D eigenvalue weighted by Crippen LogP contribution is 2.28. The lowest BCUT2D eigenvalue weighted by atomic mass is 10.1. The molecule has 2 heterocycles. The summed E-state index contributed by atoms with van der Waals surface area (Å²) in [5.74, 6) is 0. The van der Waals surface area contributed by atoms with Gasteiger partial charge in [0.2, 0.25) is 10.0 Å². The molecule has 1 aliphatic carbocycles. The fourth-order valence-electron chi connectivity index (χ4n) is 3.97. The number of para-hydroxylation sites is 2. The van der Waals surface area contributed by atoms with Crippen molar-refractivity contribution >= 4 is 27.1 Å². The van der Waals surface area contributed by atoms with Crippen molar-refractivity contribution in [2.75, 3.05) is 31.1 Å². The SMILES string of the molecule is O=S(=O)(c1ccc2c(c1)CCC2)N1CCN(c2nc3ccccc3o2)CC1. The van der Waals surface area contributed by atoms with Crippen LogP contribution in [0.4, 0.5) is 6.01 Å². The summed E-state index contributed by atoms with van der Waals surface area (Å²) in [6.45, 7) is 1.99. The maximum atomic E-state index is 13.0. The van der Waals surface area contributed by atoms with Crippen molar-refractivity contribution in [3.63, 3.8) is 0 Å². The zero-order valence-electron chi connectivity index (χ0n) is 15.0. The summed E-state index contributed by atoms with van der Waals surface area (Å²) in [7, 11) is -3.46. The molecule has 6 nitrogen and oxygen atoms in total. The van der Waals surface area contributed by atoms with Gasteiger partial charge in [-0.15, -0.1) is 0 Å². The van der Waals surface area contributed by atoms with Gasteiger partial charge in [-0.2, -0.15) is 9.29 Å². The van der Waals surface area contributed by atoms with Gasteiger partial charge in [0.15, 0.2) is 5.58 Å². The molecule has 27 heavy (non-hydrogen) atoms. The van der Waals surface area contributed by atoms with Gasteiger partial charge in [-0.3, -0.25) is 0 Å². The van der Waals surface area contributed by atoms with Crippen molar-refractivity contribution in [1.29, 1.82) is 0 Å². The molecule has 0 N–H and O–H groups in total. The molecule has 0 atom stereocenters. The summed E-state index contributed by atoms with van der Waals surface area (Å²) in [5, 5.41) is 0. The highest BCUT2D eigenvalue weighted by atomic mass is 32.2. The minimum Gasteiger partial charge on any atom is -0.423 e. The van der Waals surface area contributed by atoms with E-state index in [1.807, 2.05) is 41.3 Å². The van der Waals surface area contributed by atoms with E-state index in [9.17, 15) is 8.42 Å². The zero-order chi connectivity index (χ0) is 18.4. The van der Waals surface area contributed by atoms with Crippen LogP contribution in [-0.2, 0) is 22.9 Å². The highest BCUT2D eigenvalue weighted by Gasteiger charge is 2.30. The number of anilines is 1. The molecule has 1 aliphatic heterocycles. The van der Waals surface area contributed by atoms with Gasteiger partial charge in [0.05, 0.1) is 4.90 Å². The van der Waals surface area contributed by atoms with E-state index < -0.39 is 10.0 Å². The first kappa shape index (κ1) is 16.8. The van der Waals surface area contributed by atoms with Crippen LogP contribution >= 0.6 is 0 Å². The minimum absolute atomic E-state index is 0.415. The number of oxazole rings is 1. The number of sulfonamides is 1. The predicted octanol–water partition coefficient (Wildman–Crippen LogP) is 2.83. The number of aryl methyl sites for hydroxylation is 2. The second-order valence-electron chi connectivity index (χ2n) is 7.14. The summed E-state index contributed by atoms with van der Waals surface area (Å²) in [6.07, 6.45) is 3.14. The van der Waals surface area contributed by atoms with E-state index in [4.69, 9.17) is 4.42 Å². The second kappa shape index (κ2) is 6.35. The van der Waals surface area contributed by atoms with Crippen LogP contribution < -0.4 is 4.90 Å². The first-order valence-electron chi connectivity index (χ1n) is 9.34. The number of benzene rings is 2. The van der Waals surface area contributed by atoms with E-state index in [-0.39, 0.29) is 0 Å². The van der Waals surface area contributed by atoms with Gasteiger partial charge in [-0.1, -0.05) is 18.2 Å². The molecule has 0 bridgehead atoms. The summed E-state index contributed by atoms with van der Waals surface area (Å²) >= 11 is 0. The third kappa shape index (κ3) is 2.91. The maximum absolute atomic E-state index is 13.0. The lowest BCUT2D eigenvalue weighted by Gasteiger charge is -2.33. The minimum atomic E-state index is -3.46. The number of hydrogen-bond acceptors (Lipinski definition) is 5. The molecule has 0 unspecified atom stereocenters. The van der Waals surface area contributed by atoms with Crippen LogP contribution in [0.15, 0.2) is 51.8 Å². The Morgan fingerprint density at radius 3 is 2.52 bits per heavy atom. The van der Waals surface area contributed by atoms with Crippen molar-refractivity contribution < 1.29 is 12.8 Å². The number of hydrogen-bond donors (Lipinski definition) is 0. The predicted molar refractivity (Wildman–Crippen MR) is 103 cm³/mol. The Balaban J connectivity index is 1.33. The Bertz CT molecular complexity index is 1070. The monoisotopic (exact) mass is 383 g/mol. The van der Waals surface area contributed by atoms with E-state index in [0.717, 1.165) is 30.4 Å². The van der Waals surface area contributed by atoms with E-state index in [2.05, 4.69) is 4.98 Å². The number of rotatable bonds is 3. The molecular weight excluding hydrogens is 362 g/mol. The highest BCUT2D eigenvalue weighted by molar-refractivity contribution is 7.89. The summed E-state index contributed by atoms with van der Waals surface area (Å²) < 4.78 is 33.5. The largest absolute Gasteiger partial charge is 0.423 e. The van der Waals surface area contributed by atoms with Gasteiger partial charge < -0.3 is 9.32 Å². The fourth-order valence-corrected chi connectivity index (χ4v) is 5.45. The first-order chi connectivity index (χ1) is 13.1. The van der Waals surface area contributed by atoms with Gasteiger partial charge in [0.1, 0.15) is 5.52 Å². The van der Waals surface area contributed by atoms with Crippen LogP contribution in [0.3, 0.4) is 0 Å². The van der Waals surface area contributed by atoms with Crippen LogP contribution in [0.5, 0.6) is 0 Å². The van der Waals surface area contributed by atoms with Crippen LogP contribution in [0, 0.1) is 0 Å². The number of piperazine rings is 1. The van der Waals surface area contributed by atoms with Gasteiger partial charge in [-0.05, 0) is 54.7 Å². The molecule has 2 aliphatic rings. The normalized spacial score (nSPS) is 18.1. The lowest BCUT2D eigenvalue weighted by Crippen LogP contribution is -2.48. The van der Waals surface area contributed by atoms with Crippen molar-refractivity contribution in [3.05, 3.63) is 53.6 Å². The fraction of sp³-hybridized carbons (Fsp3) is 0.350. The van der Waals surface area contributed by atoms with E-state index in [0.29, 0.717) is 37.1 Å². The molecule has 3 aromatic rings. The third-order valence-electron chi connectivity index (χ3n) is 5.50. The zero-order valence-corrected chi connectivity index (χ0v) is 15.8.